The standard InChI is InChI=1S/C11H18N2O/c1-9(7-8-12)13(2)10-5-3-4-6-11(10)14/h9-10H,3-7H2,1-2H3. The summed E-state index contributed by atoms with van der Waals surface area (Å²) in [6.45, 7) is 2.01. The number of Topliss-reactive ketones (excluding diaryl/α,β-unsaturated/α-hetero) is 1. The summed E-state index contributed by atoms with van der Waals surface area (Å²) >= 11 is 0. The Morgan fingerprint density at radius 3 is 2.93 bits per heavy atom. The van der Waals surface area contributed by atoms with Gasteiger partial charge in [-0.3, -0.25) is 9.69 Å². The predicted molar refractivity (Wildman–Crippen MR) is 54.7 cm³/mol. The van der Waals surface area contributed by atoms with E-state index >= 15 is 0 Å². The van der Waals surface area contributed by atoms with Crippen LogP contribution in [0.4, 0.5) is 0 Å². The second-order valence-corrected chi connectivity index (χ2v) is 4.10. The number of hydrogen-bond acceptors (Lipinski definition) is 3. The first-order valence-corrected chi connectivity index (χ1v) is 5.28. The van der Waals surface area contributed by atoms with Crippen LogP contribution in [0.2, 0.25) is 0 Å². The molecule has 0 saturated heterocycles. The van der Waals surface area contributed by atoms with Crippen LogP contribution in [0, 0.1) is 11.3 Å². The first-order valence-electron chi connectivity index (χ1n) is 5.28. The topological polar surface area (TPSA) is 44.1 Å². The molecule has 0 N–H and O–H groups in total. The van der Waals surface area contributed by atoms with E-state index in [9.17, 15) is 4.79 Å². The number of carbonyl (C=O) groups is 1. The average Bonchev–Trinajstić information content (AvgIpc) is 2.18. The monoisotopic (exact) mass is 194 g/mol. The van der Waals surface area contributed by atoms with Crippen LogP contribution in [-0.2, 0) is 4.79 Å². The molecule has 1 rings (SSSR count). The molecule has 1 aliphatic rings. The molecule has 0 radical (unpaired) electrons. The smallest absolute Gasteiger partial charge is 0.149 e. The number of carbonyl (C=O) groups excluding carboxylic acids is 1. The van der Waals surface area contributed by atoms with Crippen molar-refractivity contribution in [2.24, 2.45) is 0 Å². The molecule has 0 aromatic carbocycles. The van der Waals surface area contributed by atoms with Crippen LogP contribution in [0.15, 0.2) is 0 Å². The summed E-state index contributed by atoms with van der Waals surface area (Å²) in [5.41, 5.74) is 0. The molecule has 78 valence electrons. The van der Waals surface area contributed by atoms with Crippen molar-refractivity contribution in [2.45, 2.75) is 51.1 Å². The van der Waals surface area contributed by atoms with Gasteiger partial charge in [0.15, 0.2) is 0 Å². The Morgan fingerprint density at radius 2 is 2.36 bits per heavy atom. The molecule has 2 unspecified atom stereocenters. The van der Waals surface area contributed by atoms with E-state index in [0.717, 1.165) is 19.3 Å². The van der Waals surface area contributed by atoms with E-state index in [0.29, 0.717) is 18.6 Å². The third-order valence-electron chi connectivity index (χ3n) is 3.10. The van der Waals surface area contributed by atoms with Crippen molar-refractivity contribution in [3.05, 3.63) is 0 Å². The summed E-state index contributed by atoms with van der Waals surface area (Å²) in [7, 11) is 1.95. The van der Waals surface area contributed by atoms with Crippen molar-refractivity contribution in [1.29, 1.82) is 5.26 Å². The van der Waals surface area contributed by atoms with Crippen LogP contribution in [0.5, 0.6) is 0 Å². The van der Waals surface area contributed by atoms with Crippen LogP contribution in [0.1, 0.15) is 39.0 Å². The zero-order valence-electron chi connectivity index (χ0n) is 8.99. The molecule has 0 aliphatic heterocycles. The molecule has 0 aromatic rings. The summed E-state index contributed by atoms with van der Waals surface area (Å²) in [6, 6.07) is 2.40. The van der Waals surface area contributed by atoms with Gasteiger partial charge < -0.3 is 0 Å². The average molecular weight is 194 g/mol. The van der Waals surface area contributed by atoms with E-state index in [1.54, 1.807) is 0 Å². The molecule has 2 atom stereocenters. The first-order chi connectivity index (χ1) is 6.66. The highest BCUT2D eigenvalue weighted by molar-refractivity contribution is 5.84. The van der Waals surface area contributed by atoms with Gasteiger partial charge in [-0.25, -0.2) is 0 Å². The number of ketones is 1. The zero-order chi connectivity index (χ0) is 10.6. The van der Waals surface area contributed by atoms with Gasteiger partial charge >= 0.3 is 0 Å². The highest BCUT2D eigenvalue weighted by Crippen LogP contribution is 2.20. The Hall–Kier alpha value is -0.880. The van der Waals surface area contributed by atoms with Crippen LogP contribution >= 0.6 is 0 Å². The second kappa shape index (κ2) is 5.11. The van der Waals surface area contributed by atoms with Gasteiger partial charge in [0.1, 0.15) is 5.78 Å². The van der Waals surface area contributed by atoms with Gasteiger partial charge in [0.05, 0.1) is 18.5 Å². The predicted octanol–water partition coefficient (Wildman–Crippen LogP) is 1.73. The van der Waals surface area contributed by atoms with E-state index in [2.05, 4.69) is 11.0 Å². The molecular formula is C11H18N2O. The molecule has 1 aliphatic carbocycles. The van der Waals surface area contributed by atoms with Crippen molar-refractivity contribution < 1.29 is 4.79 Å². The van der Waals surface area contributed by atoms with Gasteiger partial charge in [-0.1, -0.05) is 6.42 Å². The number of rotatable bonds is 3. The summed E-state index contributed by atoms with van der Waals surface area (Å²) in [6.07, 6.45) is 4.36. The minimum Gasteiger partial charge on any atom is -0.298 e. The molecule has 3 heteroatoms. The Morgan fingerprint density at radius 1 is 1.64 bits per heavy atom. The fraction of sp³-hybridized carbons (Fsp3) is 0.818. The fourth-order valence-electron chi connectivity index (χ4n) is 1.98. The van der Waals surface area contributed by atoms with Gasteiger partial charge in [0, 0.05) is 12.5 Å². The molecule has 14 heavy (non-hydrogen) atoms. The molecule has 0 amide bonds. The lowest BCUT2D eigenvalue weighted by Crippen LogP contribution is -2.44. The number of hydrogen-bond donors (Lipinski definition) is 0. The molecule has 1 fully saturated rings. The Balaban J connectivity index is 2.54. The Kier molecular flexibility index (Phi) is 4.09. The van der Waals surface area contributed by atoms with E-state index in [1.165, 1.54) is 0 Å². The van der Waals surface area contributed by atoms with Crippen molar-refractivity contribution in [2.75, 3.05) is 7.05 Å². The van der Waals surface area contributed by atoms with E-state index in [4.69, 9.17) is 5.26 Å². The highest BCUT2D eigenvalue weighted by atomic mass is 16.1. The molecule has 0 bridgehead atoms. The maximum absolute atomic E-state index is 11.6. The van der Waals surface area contributed by atoms with Crippen molar-refractivity contribution in [1.82, 2.24) is 4.90 Å². The van der Waals surface area contributed by atoms with Crippen molar-refractivity contribution >= 4 is 5.78 Å². The minimum atomic E-state index is 0.0621. The third-order valence-corrected chi connectivity index (χ3v) is 3.10. The highest BCUT2D eigenvalue weighted by Gasteiger charge is 2.28. The van der Waals surface area contributed by atoms with Gasteiger partial charge in [-0.05, 0) is 26.8 Å². The third kappa shape index (κ3) is 2.55. The molecule has 0 heterocycles. The number of nitriles is 1. The van der Waals surface area contributed by atoms with Gasteiger partial charge in [0.25, 0.3) is 0 Å². The SMILES string of the molecule is CC(CC#N)N(C)C1CCCCC1=O. The normalized spacial score (nSPS) is 24.7. The van der Waals surface area contributed by atoms with E-state index < -0.39 is 0 Å². The van der Waals surface area contributed by atoms with Gasteiger partial charge in [0.2, 0.25) is 0 Å². The fourth-order valence-corrected chi connectivity index (χ4v) is 1.98. The largest absolute Gasteiger partial charge is 0.298 e. The van der Waals surface area contributed by atoms with Crippen LogP contribution in [-0.4, -0.2) is 29.8 Å². The van der Waals surface area contributed by atoms with Crippen LogP contribution < -0.4 is 0 Å². The van der Waals surface area contributed by atoms with E-state index in [-0.39, 0.29) is 12.1 Å². The molecule has 3 nitrogen and oxygen atoms in total. The summed E-state index contributed by atoms with van der Waals surface area (Å²) in [5.74, 6) is 0.350. The minimum absolute atomic E-state index is 0.0621. The molecular weight excluding hydrogens is 176 g/mol. The lowest BCUT2D eigenvalue weighted by atomic mass is 9.92. The van der Waals surface area contributed by atoms with Gasteiger partial charge in [-0.2, -0.15) is 5.26 Å². The van der Waals surface area contributed by atoms with Gasteiger partial charge in [-0.15, -0.1) is 0 Å². The second-order valence-electron chi connectivity index (χ2n) is 4.10. The molecule has 0 spiro atoms. The lowest BCUT2D eigenvalue weighted by molar-refractivity contribution is -0.126. The number of likely N-dealkylation sites (N-methyl/N-ethyl adjacent to an activating group) is 1. The quantitative estimate of drug-likeness (QED) is 0.687. The van der Waals surface area contributed by atoms with Crippen molar-refractivity contribution in [3.63, 3.8) is 0 Å². The molecule has 1 saturated carbocycles. The maximum atomic E-state index is 11.6. The number of nitrogens with zero attached hydrogens (tertiary/aromatic N) is 2. The van der Waals surface area contributed by atoms with Crippen LogP contribution in [0.3, 0.4) is 0 Å². The Labute approximate surface area is 85.7 Å². The van der Waals surface area contributed by atoms with E-state index in [1.807, 2.05) is 14.0 Å². The Bertz CT molecular complexity index is 244. The summed E-state index contributed by atoms with van der Waals surface area (Å²) in [5, 5.41) is 8.59. The maximum Gasteiger partial charge on any atom is 0.149 e. The lowest BCUT2D eigenvalue weighted by Gasteiger charge is -2.33. The molecule has 0 aromatic heterocycles. The van der Waals surface area contributed by atoms with Crippen LogP contribution in [0.25, 0.3) is 0 Å². The summed E-state index contributed by atoms with van der Waals surface area (Å²) < 4.78 is 0. The first kappa shape index (κ1) is 11.2. The zero-order valence-corrected chi connectivity index (χ0v) is 8.99. The summed E-state index contributed by atoms with van der Waals surface area (Å²) in [4.78, 5) is 13.7. The van der Waals surface area contributed by atoms with Crippen molar-refractivity contribution in [3.8, 4) is 6.07 Å².